The van der Waals surface area contributed by atoms with Crippen LogP contribution in [0, 0.1) is 12.8 Å². The summed E-state index contributed by atoms with van der Waals surface area (Å²) < 4.78 is 7.46. The lowest BCUT2D eigenvalue weighted by Crippen LogP contribution is -2.03. The van der Waals surface area contributed by atoms with Gasteiger partial charge >= 0.3 is 0 Å². The van der Waals surface area contributed by atoms with Crippen molar-refractivity contribution in [3.05, 3.63) is 41.8 Å². The second kappa shape index (κ2) is 6.57. The summed E-state index contributed by atoms with van der Waals surface area (Å²) in [4.78, 5) is 4.78. The Morgan fingerprint density at radius 2 is 2.09 bits per heavy atom. The maximum absolute atomic E-state index is 5.13. The molecule has 5 heteroatoms. The third kappa shape index (κ3) is 3.35. The highest BCUT2D eigenvalue weighted by Gasteiger charge is 2.12. The zero-order valence-electron chi connectivity index (χ0n) is 13.2. The first-order valence-corrected chi connectivity index (χ1v) is 8.62. The third-order valence-electron chi connectivity index (χ3n) is 3.58. The SMILES string of the molecule is Cc1cc(CSc2nc3ccccc3n2CCC(C)C)no1. The zero-order chi connectivity index (χ0) is 15.5. The van der Waals surface area contributed by atoms with Gasteiger partial charge in [0.25, 0.3) is 0 Å². The van der Waals surface area contributed by atoms with E-state index in [1.54, 1.807) is 11.8 Å². The molecule has 22 heavy (non-hydrogen) atoms. The van der Waals surface area contributed by atoms with Gasteiger partial charge in [-0.15, -0.1) is 0 Å². The molecule has 3 aromatic rings. The van der Waals surface area contributed by atoms with Crippen LogP contribution in [-0.4, -0.2) is 14.7 Å². The van der Waals surface area contributed by atoms with Crippen LogP contribution in [-0.2, 0) is 12.3 Å². The van der Waals surface area contributed by atoms with Crippen molar-refractivity contribution in [2.75, 3.05) is 0 Å². The lowest BCUT2D eigenvalue weighted by molar-refractivity contribution is 0.393. The number of rotatable bonds is 6. The summed E-state index contributed by atoms with van der Waals surface area (Å²) in [7, 11) is 0. The van der Waals surface area contributed by atoms with Crippen LogP contribution >= 0.6 is 11.8 Å². The van der Waals surface area contributed by atoms with Gasteiger partial charge in [0.05, 0.1) is 16.7 Å². The van der Waals surface area contributed by atoms with Crippen LogP contribution in [0.3, 0.4) is 0 Å². The molecule has 0 saturated heterocycles. The fraction of sp³-hybridized carbons (Fsp3) is 0.412. The van der Waals surface area contributed by atoms with Crippen molar-refractivity contribution in [3.63, 3.8) is 0 Å². The van der Waals surface area contributed by atoms with Crippen molar-refractivity contribution in [1.29, 1.82) is 0 Å². The Hall–Kier alpha value is -1.75. The Labute approximate surface area is 134 Å². The minimum absolute atomic E-state index is 0.678. The molecule has 2 aromatic heterocycles. The van der Waals surface area contributed by atoms with Crippen molar-refractivity contribution >= 4 is 22.8 Å². The smallest absolute Gasteiger partial charge is 0.169 e. The molecule has 2 heterocycles. The van der Waals surface area contributed by atoms with E-state index in [1.165, 1.54) is 5.52 Å². The second-order valence-electron chi connectivity index (χ2n) is 5.93. The number of para-hydroxylation sites is 2. The molecule has 0 fully saturated rings. The van der Waals surface area contributed by atoms with Crippen LogP contribution in [0.1, 0.15) is 31.7 Å². The summed E-state index contributed by atoms with van der Waals surface area (Å²) in [5, 5.41) is 5.11. The molecule has 0 aliphatic rings. The third-order valence-corrected chi connectivity index (χ3v) is 4.59. The quantitative estimate of drug-likeness (QED) is 0.620. The average Bonchev–Trinajstić information content (AvgIpc) is 3.06. The Morgan fingerprint density at radius 1 is 1.27 bits per heavy atom. The number of imidazole rings is 1. The molecule has 0 aliphatic carbocycles. The van der Waals surface area contributed by atoms with E-state index < -0.39 is 0 Å². The Balaban J connectivity index is 1.84. The molecule has 3 rings (SSSR count). The van der Waals surface area contributed by atoms with Crippen LogP contribution in [0.5, 0.6) is 0 Å². The molecule has 0 aliphatic heterocycles. The Bertz CT molecular complexity index is 760. The van der Waals surface area contributed by atoms with E-state index in [1.807, 2.05) is 19.1 Å². The van der Waals surface area contributed by atoms with Crippen molar-refractivity contribution in [2.45, 2.75) is 44.6 Å². The number of hydrogen-bond acceptors (Lipinski definition) is 4. The molecule has 0 amide bonds. The molecule has 0 radical (unpaired) electrons. The van der Waals surface area contributed by atoms with Crippen molar-refractivity contribution in [3.8, 4) is 0 Å². The Kier molecular flexibility index (Phi) is 4.52. The first-order valence-electron chi connectivity index (χ1n) is 7.63. The minimum Gasteiger partial charge on any atom is -0.361 e. The summed E-state index contributed by atoms with van der Waals surface area (Å²) in [6.07, 6.45) is 1.15. The molecule has 1 aromatic carbocycles. The van der Waals surface area contributed by atoms with Gasteiger partial charge in [0.1, 0.15) is 5.76 Å². The summed E-state index contributed by atoms with van der Waals surface area (Å²) in [5.41, 5.74) is 3.23. The lowest BCUT2D eigenvalue weighted by atomic mass is 10.1. The molecule has 116 valence electrons. The van der Waals surface area contributed by atoms with Crippen LogP contribution < -0.4 is 0 Å². The van der Waals surface area contributed by atoms with Gasteiger partial charge in [0, 0.05) is 18.4 Å². The van der Waals surface area contributed by atoms with Crippen LogP contribution in [0.25, 0.3) is 11.0 Å². The van der Waals surface area contributed by atoms with Gasteiger partial charge in [0.2, 0.25) is 0 Å². The first-order chi connectivity index (χ1) is 10.6. The molecule has 0 atom stereocenters. The molecule has 0 saturated carbocycles. The van der Waals surface area contributed by atoms with E-state index >= 15 is 0 Å². The molecule has 0 N–H and O–H groups in total. The number of hydrogen-bond donors (Lipinski definition) is 0. The Morgan fingerprint density at radius 3 is 2.82 bits per heavy atom. The highest BCUT2D eigenvalue weighted by molar-refractivity contribution is 7.98. The molecule has 0 unspecified atom stereocenters. The summed E-state index contributed by atoms with van der Waals surface area (Å²) >= 11 is 1.72. The topological polar surface area (TPSA) is 43.9 Å². The number of aromatic nitrogens is 3. The van der Waals surface area contributed by atoms with Gasteiger partial charge in [-0.1, -0.05) is 42.9 Å². The lowest BCUT2D eigenvalue weighted by Gasteiger charge is -2.10. The summed E-state index contributed by atoms with van der Waals surface area (Å²) in [5.74, 6) is 2.31. The van der Waals surface area contributed by atoms with Crippen LogP contribution in [0.4, 0.5) is 0 Å². The second-order valence-corrected chi connectivity index (χ2v) is 6.88. The van der Waals surface area contributed by atoms with E-state index in [0.29, 0.717) is 5.92 Å². The van der Waals surface area contributed by atoms with Crippen LogP contribution in [0.2, 0.25) is 0 Å². The first kappa shape index (κ1) is 15.2. The van der Waals surface area contributed by atoms with E-state index in [2.05, 4.69) is 41.8 Å². The largest absolute Gasteiger partial charge is 0.361 e. The molecule has 0 bridgehead atoms. The monoisotopic (exact) mass is 315 g/mol. The van der Waals surface area contributed by atoms with E-state index in [4.69, 9.17) is 9.51 Å². The molecular formula is C17H21N3OS. The predicted octanol–water partition coefficient (Wildman–Crippen LogP) is 4.67. The standard InChI is InChI=1S/C17H21N3OS/c1-12(2)8-9-20-16-7-5-4-6-15(16)18-17(20)22-11-14-10-13(3)21-19-14/h4-7,10,12H,8-9,11H2,1-3H3. The minimum atomic E-state index is 0.678. The van der Waals surface area contributed by atoms with Crippen molar-refractivity contribution < 1.29 is 4.52 Å². The van der Waals surface area contributed by atoms with Gasteiger partial charge < -0.3 is 9.09 Å². The van der Waals surface area contributed by atoms with Gasteiger partial charge in [-0.25, -0.2) is 4.98 Å². The highest BCUT2D eigenvalue weighted by atomic mass is 32.2. The fourth-order valence-electron chi connectivity index (χ4n) is 2.39. The maximum Gasteiger partial charge on any atom is 0.169 e. The van der Waals surface area contributed by atoms with Crippen molar-refractivity contribution in [2.24, 2.45) is 5.92 Å². The van der Waals surface area contributed by atoms with Crippen molar-refractivity contribution in [1.82, 2.24) is 14.7 Å². The number of nitrogens with zero attached hydrogens (tertiary/aromatic N) is 3. The van der Waals surface area contributed by atoms with E-state index in [0.717, 1.165) is 40.8 Å². The molecule has 4 nitrogen and oxygen atoms in total. The summed E-state index contributed by atoms with van der Waals surface area (Å²) in [6, 6.07) is 10.3. The number of thioether (sulfide) groups is 1. The maximum atomic E-state index is 5.13. The van der Waals surface area contributed by atoms with Gasteiger partial charge in [-0.3, -0.25) is 0 Å². The predicted molar refractivity (Wildman–Crippen MR) is 90.0 cm³/mol. The van der Waals surface area contributed by atoms with Gasteiger partial charge in [-0.05, 0) is 31.4 Å². The normalized spacial score (nSPS) is 11.6. The average molecular weight is 315 g/mol. The van der Waals surface area contributed by atoms with E-state index in [-0.39, 0.29) is 0 Å². The zero-order valence-corrected chi connectivity index (χ0v) is 14.1. The number of fused-ring (bicyclic) bond motifs is 1. The number of benzene rings is 1. The molecule has 0 spiro atoms. The van der Waals surface area contributed by atoms with Gasteiger partial charge in [0.15, 0.2) is 5.16 Å². The number of aryl methyl sites for hydroxylation is 2. The highest BCUT2D eigenvalue weighted by Crippen LogP contribution is 2.27. The van der Waals surface area contributed by atoms with Gasteiger partial charge in [-0.2, -0.15) is 0 Å². The fourth-order valence-corrected chi connectivity index (χ4v) is 3.31. The van der Waals surface area contributed by atoms with Crippen LogP contribution in [0.15, 0.2) is 40.0 Å². The molecular weight excluding hydrogens is 294 g/mol. The van der Waals surface area contributed by atoms with E-state index in [9.17, 15) is 0 Å². The summed E-state index contributed by atoms with van der Waals surface area (Å²) in [6.45, 7) is 7.42.